The Morgan fingerprint density at radius 3 is 2.68 bits per heavy atom. The number of carbonyl (C=O) groups is 1. The average Bonchev–Trinajstić information content (AvgIpc) is 2.54. The molecule has 5 nitrogen and oxygen atoms in total. The molecule has 0 fully saturated rings. The molecule has 0 saturated heterocycles. The second-order valence-corrected chi connectivity index (χ2v) is 4.77. The summed E-state index contributed by atoms with van der Waals surface area (Å²) >= 11 is 0. The molecule has 0 aliphatic carbocycles. The number of benzene rings is 2. The number of methoxy groups -OCH3 is 1. The number of hydrogen-bond donors (Lipinski definition) is 2. The number of esters is 1. The fourth-order valence-electron chi connectivity index (χ4n) is 2.01. The number of nitrogens with one attached hydrogen (secondary N) is 1. The largest absolute Gasteiger partial charge is 0.495 e. The SMILES string of the molecule is CCCOC(=O)c1cc(N)ccc1Nc1ccccc1OC. The molecule has 0 aliphatic heterocycles. The van der Waals surface area contributed by atoms with Gasteiger partial charge < -0.3 is 20.5 Å². The Kier molecular flexibility index (Phi) is 5.25. The van der Waals surface area contributed by atoms with Crippen molar-refractivity contribution in [3.8, 4) is 5.75 Å². The van der Waals surface area contributed by atoms with E-state index < -0.39 is 5.97 Å². The van der Waals surface area contributed by atoms with Crippen molar-refractivity contribution >= 4 is 23.0 Å². The van der Waals surface area contributed by atoms with Crippen LogP contribution >= 0.6 is 0 Å². The maximum absolute atomic E-state index is 12.2. The van der Waals surface area contributed by atoms with Gasteiger partial charge >= 0.3 is 5.97 Å². The monoisotopic (exact) mass is 300 g/mol. The normalized spacial score (nSPS) is 10.1. The van der Waals surface area contributed by atoms with Crippen molar-refractivity contribution in [1.29, 1.82) is 0 Å². The first-order valence-electron chi connectivity index (χ1n) is 7.12. The first-order chi connectivity index (χ1) is 10.7. The van der Waals surface area contributed by atoms with Gasteiger partial charge in [-0.25, -0.2) is 4.79 Å². The second-order valence-electron chi connectivity index (χ2n) is 4.77. The number of para-hydroxylation sites is 2. The highest BCUT2D eigenvalue weighted by molar-refractivity contribution is 5.97. The standard InChI is InChI=1S/C17H20N2O3/c1-3-10-22-17(20)13-11-12(18)8-9-14(13)19-15-6-4-5-7-16(15)21-2/h4-9,11,19H,3,10,18H2,1-2H3. The van der Waals surface area contributed by atoms with Crippen molar-refractivity contribution in [1.82, 2.24) is 0 Å². The van der Waals surface area contributed by atoms with Crippen molar-refractivity contribution in [3.63, 3.8) is 0 Å². The third-order valence-electron chi connectivity index (χ3n) is 3.08. The van der Waals surface area contributed by atoms with Gasteiger partial charge in [0.05, 0.1) is 30.7 Å². The number of rotatable bonds is 6. The lowest BCUT2D eigenvalue weighted by atomic mass is 10.1. The Labute approximate surface area is 130 Å². The summed E-state index contributed by atoms with van der Waals surface area (Å²) < 4.78 is 10.5. The molecule has 3 N–H and O–H groups in total. The van der Waals surface area contributed by atoms with Gasteiger partial charge in [-0.3, -0.25) is 0 Å². The Balaban J connectivity index is 2.32. The number of nitrogens with two attached hydrogens (primary N) is 1. The molecule has 2 aromatic rings. The number of ether oxygens (including phenoxy) is 2. The summed E-state index contributed by atoms with van der Waals surface area (Å²) in [5, 5.41) is 3.20. The Hall–Kier alpha value is -2.69. The fourth-order valence-corrected chi connectivity index (χ4v) is 2.01. The maximum Gasteiger partial charge on any atom is 0.340 e. The Morgan fingerprint density at radius 1 is 1.18 bits per heavy atom. The van der Waals surface area contributed by atoms with E-state index in [2.05, 4.69) is 5.32 Å². The molecule has 2 aromatic carbocycles. The maximum atomic E-state index is 12.2. The van der Waals surface area contributed by atoms with Crippen molar-refractivity contribution in [2.75, 3.05) is 24.8 Å². The fraction of sp³-hybridized carbons (Fsp3) is 0.235. The number of carbonyl (C=O) groups excluding carboxylic acids is 1. The summed E-state index contributed by atoms with van der Waals surface area (Å²) in [6.07, 6.45) is 0.767. The first kappa shape index (κ1) is 15.7. The van der Waals surface area contributed by atoms with Gasteiger partial charge in [0, 0.05) is 5.69 Å². The molecule has 5 heteroatoms. The number of hydrogen-bond acceptors (Lipinski definition) is 5. The summed E-state index contributed by atoms with van der Waals surface area (Å²) in [5.74, 6) is 0.291. The lowest BCUT2D eigenvalue weighted by molar-refractivity contribution is 0.0506. The van der Waals surface area contributed by atoms with Crippen LogP contribution < -0.4 is 15.8 Å². The molecule has 0 radical (unpaired) electrons. The van der Waals surface area contributed by atoms with E-state index in [4.69, 9.17) is 15.2 Å². The van der Waals surface area contributed by atoms with Gasteiger partial charge in [-0.05, 0) is 36.8 Å². The zero-order valence-corrected chi connectivity index (χ0v) is 12.8. The minimum absolute atomic E-state index is 0.377. The predicted octanol–water partition coefficient (Wildman–Crippen LogP) is 3.59. The predicted molar refractivity (Wildman–Crippen MR) is 87.7 cm³/mol. The molecule has 0 aromatic heterocycles. The van der Waals surface area contributed by atoms with Crippen molar-refractivity contribution in [2.45, 2.75) is 13.3 Å². The topological polar surface area (TPSA) is 73.6 Å². The van der Waals surface area contributed by atoms with Crippen LogP contribution in [0, 0.1) is 0 Å². The van der Waals surface area contributed by atoms with Crippen molar-refractivity contribution < 1.29 is 14.3 Å². The minimum Gasteiger partial charge on any atom is -0.495 e. The molecule has 0 aliphatic rings. The number of nitrogen functional groups attached to an aromatic ring is 1. The van der Waals surface area contributed by atoms with E-state index >= 15 is 0 Å². The molecule has 116 valence electrons. The lowest BCUT2D eigenvalue weighted by Gasteiger charge is -2.14. The summed E-state index contributed by atoms with van der Waals surface area (Å²) in [4.78, 5) is 12.2. The van der Waals surface area contributed by atoms with Crippen LogP contribution in [0.15, 0.2) is 42.5 Å². The highest BCUT2D eigenvalue weighted by atomic mass is 16.5. The summed E-state index contributed by atoms with van der Waals surface area (Å²) in [6.45, 7) is 2.32. The van der Waals surface area contributed by atoms with Crippen LogP contribution in [0.4, 0.5) is 17.1 Å². The highest BCUT2D eigenvalue weighted by Crippen LogP contribution is 2.30. The van der Waals surface area contributed by atoms with Gasteiger partial charge in [-0.1, -0.05) is 19.1 Å². The molecule has 0 bridgehead atoms. The lowest BCUT2D eigenvalue weighted by Crippen LogP contribution is -2.09. The highest BCUT2D eigenvalue weighted by Gasteiger charge is 2.14. The molecule has 2 rings (SSSR count). The van der Waals surface area contributed by atoms with Gasteiger partial charge in [0.25, 0.3) is 0 Å². The zero-order valence-electron chi connectivity index (χ0n) is 12.8. The average molecular weight is 300 g/mol. The van der Waals surface area contributed by atoms with Gasteiger partial charge in [0.2, 0.25) is 0 Å². The van der Waals surface area contributed by atoms with E-state index in [1.165, 1.54) is 0 Å². The first-order valence-corrected chi connectivity index (χ1v) is 7.12. The minimum atomic E-state index is -0.397. The van der Waals surface area contributed by atoms with E-state index in [0.29, 0.717) is 29.3 Å². The molecule has 0 heterocycles. The molecule has 0 amide bonds. The van der Waals surface area contributed by atoms with E-state index in [9.17, 15) is 4.79 Å². The summed E-state index contributed by atoms with van der Waals surface area (Å²) in [7, 11) is 1.60. The molecule has 0 saturated carbocycles. The molecule has 0 atom stereocenters. The third kappa shape index (κ3) is 3.69. The van der Waals surface area contributed by atoms with E-state index in [1.807, 2.05) is 31.2 Å². The van der Waals surface area contributed by atoms with E-state index in [-0.39, 0.29) is 0 Å². The van der Waals surface area contributed by atoms with Gasteiger partial charge in [0.15, 0.2) is 0 Å². The van der Waals surface area contributed by atoms with Gasteiger partial charge in [0.1, 0.15) is 5.75 Å². The third-order valence-corrected chi connectivity index (χ3v) is 3.08. The molecular weight excluding hydrogens is 280 g/mol. The smallest absolute Gasteiger partial charge is 0.340 e. The molecule has 22 heavy (non-hydrogen) atoms. The van der Waals surface area contributed by atoms with Crippen molar-refractivity contribution in [2.24, 2.45) is 0 Å². The van der Waals surface area contributed by atoms with Crippen LogP contribution in [0.5, 0.6) is 5.75 Å². The van der Waals surface area contributed by atoms with Crippen molar-refractivity contribution in [3.05, 3.63) is 48.0 Å². The summed E-state index contributed by atoms with van der Waals surface area (Å²) in [5.41, 5.74) is 8.08. The summed E-state index contributed by atoms with van der Waals surface area (Å²) in [6, 6.07) is 12.6. The van der Waals surface area contributed by atoms with Crippen LogP contribution in [0.1, 0.15) is 23.7 Å². The van der Waals surface area contributed by atoms with E-state index in [0.717, 1.165) is 12.1 Å². The Bertz CT molecular complexity index is 656. The van der Waals surface area contributed by atoms with Crippen LogP contribution in [-0.2, 0) is 4.74 Å². The van der Waals surface area contributed by atoms with Crippen LogP contribution in [0.25, 0.3) is 0 Å². The van der Waals surface area contributed by atoms with Gasteiger partial charge in [-0.15, -0.1) is 0 Å². The molecule has 0 unspecified atom stereocenters. The van der Waals surface area contributed by atoms with E-state index in [1.54, 1.807) is 25.3 Å². The van der Waals surface area contributed by atoms with Crippen LogP contribution in [-0.4, -0.2) is 19.7 Å². The Morgan fingerprint density at radius 2 is 1.95 bits per heavy atom. The second kappa shape index (κ2) is 7.36. The molecule has 0 spiro atoms. The number of anilines is 3. The zero-order chi connectivity index (χ0) is 15.9. The van der Waals surface area contributed by atoms with Crippen LogP contribution in [0.3, 0.4) is 0 Å². The van der Waals surface area contributed by atoms with Gasteiger partial charge in [-0.2, -0.15) is 0 Å². The van der Waals surface area contributed by atoms with Crippen LogP contribution in [0.2, 0.25) is 0 Å². The molecular formula is C17H20N2O3. The quantitative estimate of drug-likeness (QED) is 0.630.